The van der Waals surface area contributed by atoms with Crippen LogP contribution in [0, 0.1) is 0 Å². The van der Waals surface area contributed by atoms with Gasteiger partial charge in [0.15, 0.2) is 0 Å². The number of halogens is 2. The summed E-state index contributed by atoms with van der Waals surface area (Å²) in [5, 5.41) is 5.11. The van der Waals surface area contributed by atoms with Crippen molar-refractivity contribution in [3.05, 3.63) is 57.6 Å². The number of hydrogen-bond donors (Lipinski definition) is 2. The molecule has 0 unspecified atom stereocenters. The van der Waals surface area contributed by atoms with Crippen LogP contribution in [-0.4, -0.2) is 38.5 Å². The molecule has 4 rings (SSSR count). The van der Waals surface area contributed by atoms with Gasteiger partial charge in [0.25, 0.3) is 0 Å². The van der Waals surface area contributed by atoms with E-state index < -0.39 is 10.0 Å². The standard InChI is InChI=1S/C20H23Cl2N3O3S/c21-18-16(7-8-17(19(18)22)29(24,26)27)28-20-14-6-2-1-4-12(14)10-15(20)25-9-3-5-13(23)11-25/h1-2,4,6-8,13,15,20H,3,5,9-11,23H2,(H2,24,26,27)/t13-,15-,20-/m1/s1. The molecule has 9 heteroatoms. The second-order valence-corrected chi connectivity index (χ2v) is 9.93. The van der Waals surface area contributed by atoms with Crippen LogP contribution in [0.25, 0.3) is 0 Å². The molecule has 0 bridgehead atoms. The molecule has 1 heterocycles. The van der Waals surface area contributed by atoms with E-state index in [1.165, 1.54) is 17.7 Å². The van der Waals surface area contributed by atoms with Gasteiger partial charge in [-0.2, -0.15) is 0 Å². The Morgan fingerprint density at radius 2 is 1.86 bits per heavy atom. The summed E-state index contributed by atoms with van der Waals surface area (Å²) < 4.78 is 29.7. The van der Waals surface area contributed by atoms with Gasteiger partial charge in [-0.1, -0.05) is 47.5 Å². The summed E-state index contributed by atoms with van der Waals surface area (Å²) in [6.45, 7) is 1.78. The van der Waals surface area contributed by atoms with Crippen LogP contribution in [0.15, 0.2) is 41.3 Å². The molecule has 156 valence electrons. The van der Waals surface area contributed by atoms with Gasteiger partial charge in [-0.3, -0.25) is 4.90 Å². The maximum atomic E-state index is 11.7. The van der Waals surface area contributed by atoms with E-state index in [0.29, 0.717) is 5.75 Å². The number of primary sulfonamides is 1. The van der Waals surface area contributed by atoms with Gasteiger partial charge in [-0.15, -0.1) is 0 Å². The largest absolute Gasteiger partial charge is 0.482 e. The lowest BCUT2D eigenvalue weighted by molar-refractivity contribution is 0.0593. The maximum absolute atomic E-state index is 11.7. The molecule has 3 atom stereocenters. The Morgan fingerprint density at radius 3 is 2.59 bits per heavy atom. The van der Waals surface area contributed by atoms with Gasteiger partial charge in [0.2, 0.25) is 10.0 Å². The van der Waals surface area contributed by atoms with Crippen molar-refractivity contribution in [2.24, 2.45) is 10.9 Å². The fraction of sp³-hybridized carbons (Fsp3) is 0.400. The van der Waals surface area contributed by atoms with E-state index in [1.54, 1.807) is 0 Å². The second-order valence-electron chi connectivity index (χ2n) is 7.64. The van der Waals surface area contributed by atoms with Crippen LogP contribution in [0.1, 0.15) is 30.1 Å². The molecule has 0 radical (unpaired) electrons. The number of piperidine rings is 1. The summed E-state index contributed by atoms with van der Waals surface area (Å²) in [7, 11) is -3.98. The highest BCUT2D eigenvalue weighted by atomic mass is 35.5. The number of nitrogens with two attached hydrogens (primary N) is 2. The fourth-order valence-electron chi connectivity index (χ4n) is 4.30. The minimum absolute atomic E-state index is 0.0386. The van der Waals surface area contributed by atoms with Crippen LogP contribution in [0.4, 0.5) is 0 Å². The molecule has 1 saturated heterocycles. The van der Waals surface area contributed by atoms with E-state index >= 15 is 0 Å². The van der Waals surface area contributed by atoms with Crippen molar-refractivity contribution in [2.45, 2.75) is 42.3 Å². The zero-order valence-electron chi connectivity index (χ0n) is 15.7. The summed E-state index contributed by atoms with van der Waals surface area (Å²) >= 11 is 12.5. The van der Waals surface area contributed by atoms with Crippen molar-refractivity contribution in [3.63, 3.8) is 0 Å². The van der Waals surface area contributed by atoms with E-state index in [0.717, 1.165) is 37.9 Å². The number of fused-ring (bicyclic) bond motifs is 1. The smallest absolute Gasteiger partial charge is 0.239 e. The third-order valence-electron chi connectivity index (χ3n) is 5.67. The molecular weight excluding hydrogens is 433 g/mol. The average molecular weight is 456 g/mol. The quantitative estimate of drug-likeness (QED) is 0.737. The first-order valence-corrected chi connectivity index (χ1v) is 11.8. The molecule has 6 nitrogen and oxygen atoms in total. The van der Waals surface area contributed by atoms with Crippen LogP contribution < -0.4 is 15.6 Å². The highest BCUT2D eigenvalue weighted by Gasteiger charge is 2.39. The molecular formula is C20H23Cl2N3O3S. The molecule has 1 aliphatic carbocycles. The van der Waals surface area contributed by atoms with Crippen molar-refractivity contribution in [2.75, 3.05) is 13.1 Å². The second kappa shape index (κ2) is 8.06. The van der Waals surface area contributed by atoms with E-state index in [9.17, 15) is 8.42 Å². The fourth-order valence-corrected chi connectivity index (χ4v) is 5.66. The van der Waals surface area contributed by atoms with Gasteiger partial charge >= 0.3 is 0 Å². The predicted molar refractivity (Wildman–Crippen MR) is 114 cm³/mol. The van der Waals surface area contributed by atoms with Crippen molar-refractivity contribution < 1.29 is 13.2 Å². The molecule has 29 heavy (non-hydrogen) atoms. The number of nitrogens with zero attached hydrogens (tertiary/aromatic N) is 1. The predicted octanol–water partition coefficient (Wildman–Crippen LogP) is 3.11. The minimum Gasteiger partial charge on any atom is -0.482 e. The van der Waals surface area contributed by atoms with Gasteiger partial charge in [-0.05, 0) is 49.1 Å². The van der Waals surface area contributed by atoms with Crippen LogP contribution in [0.2, 0.25) is 10.0 Å². The molecule has 2 aliphatic rings. The maximum Gasteiger partial charge on any atom is 0.239 e. The van der Waals surface area contributed by atoms with Crippen LogP contribution >= 0.6 is 23.2 Å². The average Bonchev–Trinajstić information content (AvgIpc) is 3.03. The number of ether oxygens (including phenoxy) is 1. The first-order chi connectivity index (χ1) is 13.8. The highest BCUT2D eigenvalue weighted by Crippen LogP contribution is 2.43. The molecule has 2 aromatic rings. The van der Waals surface area contributed by atoms with Crippen molar-refractivity contribution in [1.82, 2.24) is 4.90 Å². The topological polar surface area (TPSA) is 98.6 Å². The number of hydrogen-bond acceptors (Lipinski definition) is 5. The summed E-state index contributed by atoms with van der Waals surface area (Å²) in [5.41, 5.74) is 8.53. The first kappa shape index (κ1) is 20.9. The Kier molecular flexibility index (Phi) is 5.81. The lowest BCUT2D eigenvalue weighted by Crippen LogP contribution is -2.49. The summed E-state index contributed by atoms with van der Waals surface area (Å²) in [6, 6.07) is 11.3. The Balaban J connectivity index is 1.69. The van der Waals surface area contributed by atoms with Gasteiger partial charge in [-0.25, -0.2) is 13.6 Å². The zero-order valence-corrected chi connectivity index (χ0v) is 18.1. The molecule has 0 aromatic heterocycles. The van der Waals surface area contributed by atoms with Gasteiger partial charge < -0.3 is 10.5 Å². The molecule has 4 N–H and O–H groups in total. The van der Waals surface area contributed by atoms with Crippen molar-refractivity contribution >= 4 is 33.2 Å². The van der Waals surface area contributed by atoms with E-state index in [4.69, 9.17) is 38.8 Å². The third kappa shape index (κ3) is 4.13. The third-order valence-corrected chi connectivity index (χ3v) is 7.60. The number of benzene rings is 2. The lowest BCUT2D eigenvalue weighted by Gasteiger charge is -2.38. The normalized spacial score (nSPS) is 25.0. The minimum atomic E-state index is -3.98. The Morgan fingerprint density at radius 1 is 1.10 bits per heavy atom. The van der Waals surface area contributed by atoms with Crippen molar-refractivity contribution in [1.29, 1.82) is 0 Å². The van der Waals surface area contributed by atoms with Gasteiger partial charge in [0.1, 0.15) is 21.8 Å². The Bertz CT molecular complexity index is 1030. The zero-order chi connectivity index (χ0) is 20.8. The van der Waals surface area contributed by atoms with E-state index in [-0.39, 0.29) is 33.1 Å². The SMILES string of the molecule is N[C@@H]1CCCN([C@@H]2Cc3ccccc3[C@H]2Oc2ccc(S(N)(=O)=O)c(Cl)c2Cl)C1. The van der Waals surface area contributed by atoms with Gasteiger partial charge in [0.05, 0.1) is 11.1 Å². The molecule has 0 saturated carbocycles. The Labute approximate surface area is 180 Å². The molecule has 0 spiro atoms. The molecule has 1 aliphatic heterocycles. The van der Waals surface area contributed by atoms with Crippen LogP contribution in [0.5, 0.6) is 5.75 Å². The number of sulfonamides is 1. The number of rotatable bonds is 4. The number of likely N-dealkylation sites (tertiary alicyclic amines) is 1. The molecule has 0 amide bonds. The van der Waals surface area contributed by atoms with E-state index in [2.05, 4.69) is 17.0 Å². The summed E-state index contributed by atoms with van der Waals surface area (Å²) in [6.07, 6.45) is 2.67. The highest BCUT2D eigenvalue weighted by molar-refractivity contribution is 7.89. The summed E-state index contributed by atoms with van der Waals surface area (Å²) in [5.74, 6) is 0.331. The van der Waals surface area contributed by atoms with Crippen molar-refractivity contribution in [3.8, 4) is 5.75 Å². The molecule has 2 aromatic carbocycles. The van der Waals surface area contributed by atoms with Crippen LogP contribution in [0.3, 0.4) is 0 Å². The first-order valence-electron chi connectivity index (χ1n) is 9.50. The lowest BCUT2D eigenvalue weighted by atomic mass is 10.0. The Hall–Kier alpha value is -1.35. The summed E-state index contributed by atoms with van der Waals surface area (Å²) in [4.78, 5) is 2.16. The van der Waals surface area contributed by atoms with Crippen LogP contribution in [-0.2, 0) is 16.4 Å². The molecule has 1 fully saturated rings. The van der Waals surface area contributed by atoms with Gasteiger partial charge in [0, 0.05) is 12.6 Å². The monoisotopic (exact) mass is 455 g/mol. The van der Waals surface area contributed by atoms with E-state index in [1.807, 2.05) is 12.1 Å².